The Morgan fingerprint density at radius 2 is 2.05 bits per heavy atom. The molecule has 21 heavy (non-hydrogen) atoms. The van der Waals surface area contributed by atoms with Crippen molar-refractivity contribution < 1.29 is 14.6 Å². The van der Waals surface area contributed by atoms with E-state index in [0.717, 1.165) is 5.56 Å². The van der Waals surface area contributed by atoms with Crippen molar-refractivity contribution in [1.29, 1.82) is 5.26 Å². The predicted octanol–water partition coefficient (Wildman–Crippen LogP) is 1.13. The standard InChI is InChI=1S/C15H19N3O3/c1-11(19)17-5-7-18(8-6-17)13(10-16)12-3-4-14(20)15(9-12)21-2/h3-4,9,13,20H,5-8H2,1-2H3. The lowest BCUT2D eigenvalue weighted by molar-refractivity contribution is -0.130. The number of carbonyl (C=O) groups excluding carboxylic acids is 1. The van der Waals surface area contributed by atoms with E-state index in [0.29, 0.717) is 31.9 Å². The fourth-order valence-electron chi connectivity index (χ4n) is 2.53. The third-order valence-corrected chi connectivity index (χ3v) is 3.77. The highest BCUT2D eigenvalue weighted by molar-refractivity contribution is 5.73. The number of methoxy groups -OCH3 is 1. The molecule has 0 radical (unpaired) electrons. The lowest BCUT2D eigenvalue weighted by Gasteiger charge is -2.36. The van der Waals surface area contributed by atoms with Gasteiger partial charge < -0.3 is 14.7 Å². The molecule has 0 aromatic heterocycles. The van der Waals surface area contributed by atoms with Gasteiger partial charge in [0.2, 0.25) is 5.91 Å². The predicted molar refractivity (Wildman–Crippen MR) is 76.8 cm³/mol. The second-order valence-corrected chi connectivity index (χ2v) is 5.00. The van der Waals surface area contributed by atoms with E-state index in [1.165, 1.54) is 13.2 Å². The van der Waals surface area contributed by atoms with Crippen LogP contribution in [-0.2, 0) is 4.79 Å². The maximum atomic E-state index is 11.3. The fourth-order valence-corrected chi connectivity index (χ4v) is 2.53. The number of benzene rings is 1. The summed E-state index contributed by atoms with van der Waals surface area (Å²) in [5.41, 5.74) is 0.781. The van der Waals surface area contributed by atoms with Crippen LogP contribution in [0.1, 0.15) is 18.5 Å². The molecule has 1 saturated heterocycles. The first-order valence-corrected chi connectivity index (χ1v) is 6.83. The molecule has 1 fully saturated rings. The Morgan fingerprint density at radius 3 is 2.57 bits per heavy atom. The first-order valence-electron chi connectivity index (χ1n) is 6.83. The molecule has 0 aliphatic carbocycles. The topological polar surface area (TPSA) is 76.8 Å². The number of ether oxygens (including phenoxy) is 1. The van der Waals surface area contributed by atoms with E-state index in [-0.39, 0.29) is 11.7 Å². The first kappa shape index (κ1) is 15.1. The van der Waals surface area contributed by atoms with Crippen molar-refractivity contribution in [1.82, 2.24) is 9.80 Å². The minimum Gasteiger partial charge on any atom is -0.504 e. The number of rotatable bonds is 3. The molecule has 1 aromatic carbocycles. The molecule has 112 valence electrons. The molecular weight excluding hydrogens is 270 g/mol. The third-order valence-electron chi connectivity index (χ3n) is 3.77. The lowest BCUT2D eigenvalue weighted by atomic mass is 10.0. The summed E-state index contributed by atoms with van der Waals surface area (Å²) in [4.78, 5) is 15.1. The van der Waals surface area contributed by atoms with Crippen molar-refractivity contribution in [3.8, 4) is 17.6 Å². The zero-order valence-corrected chi connectivity index (χ0v) is 12.2. The van der Waals surface area contributed by atoms with Gasteiger partial charge in [0.05, 0.1) is 13.2 Å². The van der Waals surface area contributed by atoms with Crippen molar-refractivity contribution >= 4 is 5.91 Å². The van der Waals surface area contributed by atoms with Gasteiger partial charge in [-0.2, -0.15) is 5.26 Å². The zero-order chi connectivity index (χ0) is 15.4. The van der Waals surface area contributed by atoms with Gasteiger partial charge >= 0.3 is 0 Å². The number of phenols is 1. The summed E-state index contributed by atoms with van der Waals surface area (Å²) in [6.45, 7) is 4.12. The molecule has 1 aromatic rings. The average Bonchev–Trinajstić information content (AvgIpc) is 2.50. The minimum atomic E-state index is -0.409. The molecule has 1 atom stereocenters. The van der Waals surface area contributed by atoms with Crippen LogP contribution in [0.2, 0.25) is 0 Å². The van der Waals surface area contributed by atoms with Gasteiger partial charge in [-0.3, -0.25) is 9.69 Å². The Morgan fingerprint density at radius 1 is 1.38 bits per heavy atom. The van der Waals surface area contributed by atoms with Crippen molar-refractivity contribution in [2.24, 2.45) is 0 Å². The van der Waals surface area contributed by atoms with Gasteiger partial charge in [0.15, 0.2) is 11.5 Å². The van der Waals surface area contributed by atoms with Crippen LogP contribution in [-0.4, -0.2) is 54.1 Å². The van der Waals surface area contributed by atoms with Gasteiger partial charge in [-0.15, -0.1) is 0 Å². The number of carbonyl (C=O) groups is 1. The van der Waals surface area contributed by atoms with Crippen LogP contribution >= 0.6 is 0 Å². The average molecular weight is 289 g/mol. The number of nitrogens with zero attached hydrogens (tertiary/aromatic N) is 3. The van der Waals surface area contributed by atoms with Crippen LogP contribution in [0.25, 0.3) is 0 Å². The number of hydrogen-bond donors (Lipinski definition) is 1. The summed E-state index contributed by atoms with van der Waals surface area (Å²) in [6, 6.07) is 6.82. The van der Waals surface area contributed by atoms with E-state index in [4.69, 9.17) is 4.74 Å². The van der Waals surface area contributed by atoms with Crippen LogP contribution in [0.4, 0.5) is 0 Å². The minimum absolute atomic E-state index is 0.0549. The highest BCUT2D eigenvalue weighted by Gasteiger charge is 2.26. The monoisotopic (exact) mass is 289 g/mol. The van der Waals surface area contributed by atoms with Crippen LogP contribution in [0, 0.1) is 11.3 Å². The van der Waals surface area contributed by atoms with Crippen molar-refractivity contribution in [3.63, 3.8) is 0 Å². The second-order valence-electron chi connectivity index (χ2n) is 5.00. The van der Waals surface area contributed by atoms with Gasteiger partial charge in [0.25, 0.3) is 0 Å². The fraction of sp³-hybridized carbons (Fsp3) is 0.467. The second kappa shape index (κ2) is 6.46. The number of nitriles is 1. The third kappa shape index (κ3) is 3.26. The number of amides is 1. The van der Waals surface area contributed by atoms with Crippen molar-refractivity contribution in [2.75, 3.05) is 33.3 Å². The molecule has 1 heterocycles. The molecule has 1 amide bonds. The Hall–Kier alpha value is -2.26. The molecule has 0 bridgehead atoms. The van der Waals surface area contributed by atoms with E-state index < -0.39 is 6.04 Å². The Bertz CT molecular complexity index is 560. The molecule has 1 unspecified atom stereocenters. The number of piperazine rings is 1. The van der Waals surface area contributed by atoms with Crippen LogP contribution in [0.15, 0.2) is 18.2 Å². The summed E-state index contributed by atoms with van der Waals surface area (Å²) >= 11 is 0. The van der Waals surface area contributed by atoms with Crippen LogP contribution in [0.3, 0.4) is 0 Å². The molecule has 6 heteroatoms. The molecule has 0 saturated carbocycles. The van der Waals surface area contributed by atoms with Crippen LogP contribution < -0.4 is 4.74 Å². The van der Waals surface area contributed by atoms with E-state index in [2.05, 4.69) is 6.07 Å². The summed E-state index contributed by atoms with van der Waals surface area (Å²) in [6.07, 6.45) is 0. The molecule has 1 N–H and O–H groups in total. The lowest BCUT2D eigenvalue weighted by Crippen LogP contribution is -2.48. The Balaban J connectivity index is 2.14. The van der Waals surface area contributed by atoms with E-state index in [1.807, 2.05) is 4.90 Å². The molecular formula is C15H19N3O3. The maximum Gasteiger partial charge on any atom is 0.219 e. The van der Waals surface area contributed by atoms with Gasteiger partial charge in [-0.1, -0.05) is 6.07 Å². The maximum absolute atomic E-state index is 11.3. The van der Waals surface area contributed by atoms with Crippen molar-refractivity contribution in [2.45, 2.75) is 13.0 Å². The number of aromatic hydroxyl groups is 1. The molecule has 6 nitrogen and oxygen atoms in total. The highest BCUT2D eigenvalue weighted by Crippen LogP contribution is 2.31. The molecule has 1 aliphatic heterocycles. The summed E-state index contributed by atoms with van der Waals surface area (Å²) in [7, 11) is 1.48. The van der Waals surface area contributed by atoms with E-state index in [9.17, 15) is 15.2 Å². The Labute approximate surface area is 124 Å². The number of phenolic OH excluding ortho intramolecular Hbond substituents is 1. The van der Waals surface area contributed by atoms with Gasteiger partial charge in [0, 0.05) is 33.1 Å². The van der Waals surface area contributed by atoms with Crippen LogP contribution in [0.5, 0.6) is 11.5 Å². The zero-order valence-electron chi connectivity index (χ0n) is 12.2. The SMILES string of the molecule is COc1cc(C(C#N)N2CCN(C(C)=O)CC2)ccc1O. The normalized spacial score (nSPS) is 17.1. The number of hydrogen-bond acceptors (Lipinski definition) is 5. The van der Waals surface area contributed by atoms with Gasteiger partial charge in [-0.05, 0) is 17.7 Å². The van der Waals surface area contributed by atoms with E-state index >= 15 is 0 Å². The van der Waals surface area contributed by atoms with Crippen molar-refractivity contribution in [3.05, 3.63) is 23.8 Å². The van der Waals surface area contributed by atoms with E-state index in [1.54, 1.807) is 24.0 Å². The first-order chi connectivity index (χ1) is 10.1. The summed E-state index contributed by atoms with van der Waals surface area (Å²) < 4.78 is 5.09. The van der Waals surface area contributed by atoms with Gasteiger partial charge in [-0.25, -0.2) is 0 Å². The molecule has 2 rings (SSSR count). The largest absolute Gasteiger partial charge is 0.504 e. The quantitative estimate of drug-likeness (QED) is 0.902. The molecule has 0 spiro atoms. The Kier molecular flexibility index (Phi) is 4.66. The highest BCUT2D eigenvalue weighted by atomic mass is 16.5. The summed E-state index contributed by atoms with van der Waals surface area (Å²) in [5.74, 6) is 0.476. The smallest absolute Gasteiger partial charge is 0.219 e. The molecule has 1 aliphatic rings. The summed E-state index contributed by atoms with van der Waals surface area (Å²) in [5, 5.41) is 19.1. The van der Waals surface area contributed by atoms with Gasteiger partial charge in [0.1, 0.15) is 6.04 Å².